The number of para-hydroxylation sites is 1. The van der Waals surface area contributed by atoms with Gasteiger partial charge in [0.25, 0.3) is 5.91 Å². The van der Waals surface area contributed by atoms with Gasteiger partial charge in [-0.25, -0.2) is 0 Å². The van der Waals surface area contributed by atoms with E-state index in [2.05, 4.69) is 15.6 Å². The molecule has 2 fully saturated rings. The predicted molar refractivity (Wildman–Crippen MR) is 147 cm³/mol. The van der Waals surface area contributed by atoms with Crippen molar-refractivity contribution < 1.29 is 28.6 Å². The van der Waals surface area contributed by atoms with Gasteiger partial charge in [0.2, 0.25) is 11.8 Å². The Hall–Kier alpha value is -4.81. The maximum Gasteiger partial charge on any atom is 0.251 e. The molecule has 0 saturated carbocycles. The third-order valence-corrected chi connectivity index (χ3v) is 6.79. The molecule has 2 aliphatic rings. The summed E-state index contributed by atoms with van der Waals surface area (Å²) in [7, 11) is 0. The number of rotatable bonds is 9. The lowest BCUT2D eigenvalue weighted by Crippen LogP contribution is -2.49. The molecule has 1 aromatic heterocycles. The number of aromatic nitrogens is 1. The van der Waals surface area contributed by atoms with E-state index in [9.17, 15) is 14.4 Å². The summed E-state index contributed by atoms with van der Waals surface area (Å²) < 4.78 is 17.3. The highest BCUT2D eigenvalue weighted by atomic mass is 16.7. The minimum absolute atomic E-state index is 0.0696. The largest absolute Gasteiger partial charge is 0.457 e. The van der Waals surface area contributed by atoms with Crippen molar-refractivity contribution in [3.8, 4) is 11.5 Å². The second-order valence-electron chi connectivity index (χ2n) is 9.65. The molecule has 3 aromatic rings. The van der Waals surface area contributed by atoms with Crippen LogP contribution in [0.2, 0.25) is 0 Å². The molecule has 0 aliphatic carbocycles. The van der Waals surface area contributed by atoms with E-state index in [4.69, 9.17) is 25.4 Å². The quantitative estimate of drug-likeness (QED) is 0.227. The molecule has 1 spiro atoms. The van der Waals surface area contributed by atoms with Crippen LogP contribution in [0.4, 0.5) is 0 Å². The van der Waals surface area contributed by atoms with Crippen molar-refractivity contribution in [3.05, 3.63) is 89.7 Å². The number of hydrogen-bond donors (Lipinski definition) is 4. The number of hydrogen-bond acceptors (Lipinski definition) is 8. The second-order valence-corrected chi connectivity index (χ2v) is 9.65. The van der Waals surface area contributed by atoms with E-state index in [-0.39, 0.29) is 37.8 Å². The Morgan fingerprint density at radius 3 is 2.37 bits per heavy atom. The van der Waals surface area contributed by atoms with Crippen LogP contribution in [0, 0.1) is 5.41 Å². The van der Waals surface area contributed by atoms with Gasteiger partial charge in [0.05, 0.1) is 26.3 Å². The number of nitrogens with one attached hydrogen (secondary N) is 3. The minimum atomic E-state index is -1.05. The summed E-state index contributed by atoms with van der Waals surface area (Å²) in [6.07, 6.45) is 1.69. The molecule has 0 bridgehead atoms. The van der Waals surface area contributed by atoms with Crippen molar-refractivity contribution in [2.45, 2.75) is 24.8 Å². The van der Waals surface area contributed by atoms with Crippen LogP contribution in [-0.4, -0.2) is 71.6 Å². The van der Waals surface area contributed by atoms with E-state index < -0.39 is 23.6 Å². The summed E-state index contributed by atoms with van der Waals surface area (Å²) >= 11 is 0. The van der Waals surface area contributed by atoms with Crippen LogP contribution in [0.3, 0.4) is 0 Å². The molecule has 0 radical (unpaired) electrons. The molecule has 0 unspecified atom stereocenters. The van der Waals surface area contributed by atoms with Crippen molar-refractivity contribution in [2.75, 3.05) is 26.3 Å². The lowest BCUT2D eigenvalue weighted by Gasteiger charge is -2.24. The van der Waals surface area contributed by atoms with Gasteiger partial charge in [-0.3, -0.25) is 24.8 Å². The van der Waals surface area contributed by atoms with Gasteiger partial charge in [-0.1, -0.05) is 24.3 Å². The zero-order valence-corrected chi connectivity index (χ0v) is 22.2. The number of carbonyl (C=O) groups excluding carboxylic acids is 3. The van der Waals surface area contributed by atoms with Crippen LogP contribution in [-0.2, 0) is 25.6 Å². The van der Waals surface area contributed by atoms with Gasteiger partial charge in [0.15, 0.2) is 5.79 Å². The summed E-state index contributed by atoms with van der Waals surface area (Å²) in [5.74, 6) is -1.22. The molecule has 2 aliphatic heterocycles. The molecule has 2 aromatic carbocycles. The lowest BCUT2D eigenvalue weighted by molar-refractivity contribution is -0.152. The van der Waals surface area contributed by atoms with Crippen LogP contribution in [0.25, 0.3) is 0 Å². The highest BCUT2D eigenvalue weighted by molar-refractivity contribution is 5.97. The maximum atomic E-state index is 13.2. The van der Waals surface area contributed by atoms with Gasteiger partial charge < -0.3 is 35.5 Å². The molecular formula is C29H30N6O6. The first-order chi connectivity index (χ1) is 19.8. The maximum absolute atomic E-state index is 13.2. The molecule has 12 nitrogen and oxygen atoms in total. The smallest absolute Gasteiger partial charge is 0.251 e. The predicted octanol–water partition coefficient (Wildman–Crippen LogP) is 1.55. The van der Waals surface area contributed by atoms with E-state index in [1.54, 1.807) is 36.4 Å². The summed E-state index contributed by atoms with van der Waals surface area (Å²) in [5.41, 5.74) is 6.83. The normalized spacial score (nSPS) is 17.3. The topological polar surface area (TPSA) is 169 Å². The van der Waals surface area contributed by atoms with Crippen LogP contribution >= 0.6 is 0 Å². The summed E-state index contributed by atoms with van der Waals surface area (Å²) in [6, 6.07) is 18.3. The number of nitrogen functional groups attached to an aromatic ring is 1. The highest BCUT2D eigenvalue weighted by Gasteiger charge is 2.52. The molecule has 212 valence electrons. The van der Waals surface area contributed by atoms with Crippen molar-refractivity contribution in [1.29, 1.82) is 5.41 Å². The fourth-order valence-electron chi connectivity index (χ4n) is 4.70. The molecular weight excluding hydrogens is 528 g/mol. The lowest BCUT2D eigenvalue weighted by atomic mass is 10.1. The minimum Gasteiger partial charge on any atom is -0.457 e. The zero-order chi connectivity index (χ0) is 28.8. The van der Waals surface area contributed by atoms with Gasteiger partial charge in [0.1, 0.15) is 29.1 Å². The number of ether oxygens (including phenoxy) is 3. The third-order valence-electron chi connectivity index (χ3n) is 6.79. The van der Waals surface area contributed by atoms with Gasteiger partial charge in [-0.15, -0.1) is 0 Å². The zero-order valence-electron chi connectivity index (χ0n) is 22.2. The Bertz CT molecular complexity index is 1410. The van der Waals surface area contributed by atoms with Crippen molar-refractivity contribution in [1.82, 2.24) is 20.5 Å². The van der Waals surface area contributed by atoms with Gasteiger partial charge >= 0.3 is 0 Å². The summed E-state index contributed by atoms with van der Waals surface area (Å²) in [4.78, 5) is 44.6. The second kappa shape index (κ2) is 12.1. The first-order valence-corrected chi connectivity index (χ1v) is 13.1. The first kappa shape index (κ1) is 27.7. The summed E-state index contributed by atoms with van der Waals surface area (Å²) in [5, 5.41) is 12.9. The standard InChI is InChI=1S/C29H30N6O6/c30-26(31)23-11-6-19(15-32-23)16-33-28(38)24-14-29(39-12-13-40-29)18-35(24)25(36)17-34-27(37)20-7-9-22(10-8-20)41-21-4-2-1-3-5-21/h1-11,15,24H,12-14,16-18H2,(H3,30,31)(H,33,38)(H,34,37)/t24-/m0/s1. The average molecular weight is 559 g/mol. The molecule has 1 atom stereocenters. The third kappa shape index (κ3) is 6.68. The number of benzene rings is 2. The van der Waals surface area contributed by atoms with Crippen molar-refractivity contribution in [2.24, 2.45) is 5.73 Å². The molecule has 12 heteroatoms. The number of pyridine rings is 1. The van der Waals surface area contributed by atoms with E-state index in [1.165, 1.54) is 11.1 Å². The number of nitrogens with two attached hydrogens (primary N) is 1. The van der Waals surface area contributed by atoms with E-state index in [0.717, 1.165) is 0 Å². The van der Waals surface area contributed by atoms with Crippen molar-refractivity contribution >= 4 is 23.6 Å². The Morgan fingerprint density at radius 2 is 1.71 bits per heavy atom. The Labute approximate surface area is 236 Å². The fourth-order valence-corrected chi connectivity index (χ4v) is 4.70. The molecule has 3 heterocycles. The molecule has 5 N–H and O–H groups in total. The van der Waals surface area contributed by atoms with Crippen LogP contribution in [0.1, 0.15) is 28.0 Å². The number of amides is 3. The molecule has 2 saturated heterocycles. The highest BCUT2D eigenvalue weighted by Crippen LogP contribution is 2.35. The molecule has 3 amide bonds. The fraction of sp³-hybridized carbons (Fsp3) is 0.276. The number of amidine groups is 1. The van der Waals surface area contributed by atoms with Crippen molar-refractivity contribution in [3.63, 3.8) is 0 Å². The Morgan fingerprint density at radius 1 is 1.00 bits per heavy atom. The van der Waals surface area contributed by atoms with Crippen LogP contribution in [0.15, 0.2) is 72.9 Å². The molecule has 41 heavy (non-hydrogen) atoms. The first-order valence-electron chi connectivity index (χ1n) is 13.1. The van der Waals surface area contributed by atoms with E-state index >= 15 is 0 Å². The van der Waals surface area contributed by atoms with E-state index in [0.29, 0.717) is 41.5 Å². The summed E-state index contributed by atoms with van der Waals surface area (Å²) in [6.45, 7) is 0.659. The van der Waals surface area contributed by atoms with Crippen LogP contribution in [0.5, 0.6) is 11.5 Å². The van der Waals surface area contributed by atoms with Crippen LogP contribution < -0.4 is 21.1 Å². The van der Waals surface area contributed by atoms with Gasteiger partial charge in [-0.05, 0) is 48.0 Å². The van der Waals surface area contributed by atoms with Gasteiger partial charge in [-0.2, -0.15) is 0 Å². The van der Waals surface area contributed by atoms with E-state index in [1.807, 2.05) is 30.3 Å². The SMILES string of the molecule is N=C(N)c1ccc(CNC(=O)[C@@H]2CC3(CN2C(=O)CNC(=O)c2ccc(Oc4ccccc4)cc2)OCCO3)cn1. The average Bonchev–Trinajstić information content (AvgIpc) is 3.62. The Balaban J connectivity index is 1.18. The Kier molecular flexibility index (Phi) is 8.22. The van der Waals surface area contributed by atoms with Gasteiger partial charge in [0, 0.05) is 24.7 Å². The monoisotopic (exact) mass is 558 g/mol. The number of nitrogens with zero attached hydrogens (tertiary/aromatic N) is 2. The number of carbonyl (C=O) groups is 3. The number of likely N-dealkylation sites (tertiary alicyclic amines) is 1. The molecule has 5 rings (SSSR count).